The molecule has 1 aromatic heterocycles. The predicted octanol–water partition coefficient (Wildman–Crippen LogP) is 5.34. The minimum Gasteiger partial charge on any atom is -0.319 e. The molecule has 1 radical (unpaired) electrons. The number of hydrogen-bond acceptors (Lipinski definition) is 2. The molecule has 5 aromatic rings. The zero-order valence-corrected chi connectivity index (χ0v) is 19.9. The van der Waals surface area contributed by atoms with Crippen molar-refractivity contribution >= 4 is 33.8 Å². The van der Waals surface area contributed by atoms with Crippen molar-refractivity contribution < 1.29 is 24.7 Å². The summed E-state index contributed by atoms with van der Waals surface area (Å²) < 4.78 is 14.4. The first kappa shape index (κ1) is 21.4. The molecule has 153 valence electrons. The average molecular weight is 597 g/mol. The molecule has 0 bridgehead atoms. The monoisotopic (exact) mass is 597 g/mol. The Labute approximate surface area is 195 Å². The average Bonchev–Trinajstić information content (AvgIpc) is 2.84. The molecule has 0 saturated heterocycles. The largest absolute Gasteiger partial charge is 0.319 e. The maximum atomic E-state index is 14.4. The first-order chi connectivity index (χ1) is 14.8. The minimum atomic E-state index is -2.99. The van der Waals surface area contributed by atoms with Crippen molar-refractivity contribution in [2.45, 2.75) is 0 Å². The van der Waals surface area contributed by atoms with E-state index in [0.717, 1.165) is 37.9 Å². The molecule has 1 heterocycles. The van der Waals surface area contributed by atoms with E-state index in [9.17, 15) is 4.57 Å². The van der Waals surface area contributed by atoms with Crippen LogP contribution in [-0.4, -0.2) is 4.98 Å². The van der Waals surface area contributed by atoms with E-state index in [1.807, 2.05) is 103 Å². The standard InChI is InChI=1S/C27H19NOP.Ir/c29-30(23-10-3-1-4-11-23,24-12-5-2-6-13-24)25-17-15-22(16-18-25)27-26-14-8-7-9-21(26)19-20-28-27;/h1-15,17-20H;/q-1;. The van der Waals surface area contributed by atoms with Gasteiger partial charge in [0.05, 0.1) is 0 Å². The van der Waals surface area contributed by atoms with Gasteiger partial charge in [0.2, 0.25) is 0 Å². The number of pyridine rings is 1. The normalized spacial score (nSPS) is 11.1. The first-order valence-corrected chi connectivity index (χ1v) is 11.6. The molecule has 0 aliphatic rings. The van der Waals surface area contributed by atoms with Gasteiger partial charge in [0.25, 0.3) is 0 Å². The minimum absolute atomic E-state index is 0. The molecular formula is C27H19IrNOP-. The van der Waals surface area contributed by atoms with Crippen LogP contribution < -0.4 is 15.9 Å². The predicted molar refractivity (Wildman–Crippen MR) is 125 cm³/mol. The van der Waals surface area contributed by atoms with Gasteiger partial charge in [0.15, 0.2) is 0 Å². The molecule has 0 unspecified atom stereocenters. The Hall–Kier alpha value is -2.83. The number of hydrogen-bond donors (Lipinski definition) is 0. The van der Waals surface area contributed by atoms with E-state index in [0.29, 0.717) is 0 Å². The van der Waals surface area contributed by atoms with Crippen molar-refractivity contribution in [1.29, 1.82) is 0 Å². The number of aromatic nitrogens is 1. The second-order valence-corrected chi connectivity index (χ2v) is 9.89. The van der Waals surface area contributed by atoms with Gasteiger partial charge in [-0.3, -0.25) is 0 Å². The van der Waals surface area contributed by atoms with Crippen LogP contribution in [0, 0.1) is 6.07 Å². The third kappa shape index (κ3) is 3.93. The number of nitrogens with zero attached hydrogens (tertiary/aromatic N) is 1. The Morgan fingerprint density at radius 1 is 0.645 bits per heavy atom. The van der Waals surface area contributed by atoms with E-state index >= 15 is 0 Å². The molecule has 0 saturated carbocycles. The SMILES string of the molecule is O=P(c1c[c-]c(-c2nccc3ccccc23)cc1)(c1ccccc1)c1ccccc1.[Ir]. The summed E-state index contributed by atoms with van der Waals surface area (Å²) in [7, 11) is -2.99. The summed E-state index contributed by atoms with van der Waals surface area (Å²) >= 11 is 0. The van der Waals surface area contributed by atoms with Crippen molar-refractivity contribution in [3.05, 3.63) is 121 Å². The van der Waals surface area contributed by atoms with Crippen molar-refractivity contribution in [2.75, 3.05) is 0 Å². The molecule has 0 amide bonds. The molecule has 0 atom stereocenters. The van der Waals surface area contributed by atoms with Crippen molar-refractivity contribution in [1.82, 2.24) is 4.98 Å². The third-order valence-corrected chi connectivity index (χ3v) is 8.38. The van der Waals surface area contributed by atoms with Crippen LogP contribution in [0.1, 0.15) is 0 Å². The molecule has 0 aliphatic heterocycles. The molecular weight excluding hydrogens is 577 g/mol. The number of fused-ring (bicyclic) bond motifs is 1. The summed E-state index contributed by atoms with van der Waals surface area (Å²) in [6, 6.07) is 38.7. The molecule has 31 heavy (non-hydrogen) atoms. The van der Waals surface area contributed by atoms with Crippen LogP contribution in [0.3, 0.4) is 0 Å². The van der Waals surface area contributed by atoms with Gasteiger partial charge in [0, 0.05) is 36.9 Å². The van der Waals surface area contributed by atoms with Crippen molar-refractivity contribution in [2.24, 2.45) is 0 Å². The molecule has 4 aromatic carbocycles. The molecule has 4 heteroatoms. The fraction of sp³-hybridized carbons (Fsp3) is 0. The van der Waals surface area contributed by atoms with E-state index in [2.05, 4.69) is 23.2 Å². The van der Waals surface area contributed by atoms with E-state index in [1.54, 1.807) is 0 Å². The smallest absolute Gasteiger partial charge is 0.134 e. The summed E-state index contributed by atoms with van der Waals surface area (Å²) in [6.45, 7) is 0. The maximum Gasteiger partial charge on any atom is 0.134 e. The Balaban J connectivity index is 0.00000231. The van der Waals surface area contributed by atoms with Gasteiger partial charge >= 0.3 is 0 Å². The van der Waals surface area contributed by atoms with Crippen LogP contribution >= 0.6 is 7.14 Å². The van der Waals surface area contributed by atoms with Crippen LogP contribution in [0.2, 0.25) is 0 Å². The summed E-state index contributed by atoms with van der Waals surface area (Å²) in [5.41, 5.74) is 1.78. The molecule has 0 aliphatic carbocycles. The Morgan fingerprint density at radius 2 is 1.26 bits per heavy atom. The molecule has 0 spiro atoms. The van der Waals surface area contributed by atoms with Gasteiger partial charge < -0.3 is 9.55 Å². The van der Waals surface area contributed by atoms with Gasteiger partial charge in [-0.25, -0.2) is 0 Å². The van der Waals surface area contributed by atoms with Crippen LogP contribution in [0.5, 0.6) is 0 Å². The van der Waals surface area contributed by atoms with Gasteiger partial charge in [-0.2, -0.15) is 0 Å². The Kier molecular flexibility index (Phi) is 6.30. The van der Waals surface area contributed by atoms with Gasteiger partial charge in [-0.05, 0) is 22.5 Å². The van der Waals surface area contributed by atoms with E-state index < -0.39 is 7.14 Å². The van der Waals surface area contributed by atoms with Gasteiger partial charge in [-0.1, -0.05) is 90.2 Å². The third-order valence-electron chi connectivity index (χ3n) is 5.33. The Morgan fingerprint density at radius 3 is 1.87 bits per heavy atom. The van der Waals surface area contributed by atoms with Crippen molar-refractivity contribution in [3.8, 4) is 11.3 Å². The Bertz CT molecular complexity index is 1300. The zero-order valence-electron chi connectivity index (χ0n) is 16.6. The maximum absolute atomic E-state index is 14.4. The van der Waals surface area contributed by atoms with Crippen LogP contribution in [0.4, 0.5) is 0 Å². The quantitative estimate of drug-likeness (QED) is 0.207. The summed E-state index contributed by atoms with van der Waals surface area (Å²) in [6.07, 6.45) is 1.82. The zero-order chi connectivity index (χ0) is 20.4. The molecule has 5 rings (SSSR count). The number of rotatable bonds is 4. The van der Waals surface area contributed by atoms with Crippen LogP contribution in [0.25, 0.3) is 22.0 Å². The molecule has 0 fully saturated rings. The van der Waals surface area contributed by atoms with Gasteiger partial charge in [0.1, 0.15) is 7.14 Å². The summed E-state index contributed by atoms with van der Waals surface area (Å²) in [5.74, 6) is 0. The topological polar surface area (TPSA) is 30.0 Å². The summed E-state index contributed by atoms with van der Waals surface area (Å²) in [5, 5.41) is 4.63. The molecule has 0 N–H and O–H groups in total. The fourth-order valence-electron chi connectivity index (χ4n) is 3.82. The van der Waals surface area contributed by atoms with Crippen molar-refractivity contribution in [3.63, 3.8) is 0 Å². The number of benzene rings is 4. The summed E-state index contributed by atoms with van der Waals surface area (Å²) in [4.78, 5) is 4.59. The van der Waals surface area contributed by atoms with E-state index in [4.69, 9.17) is 0 Å². The first-order valence-electron chi connectivity index (χ1n) is 9.84. The van der Waals surface area contributed by atoms with Crippen LogP contribution in [-0.2, 0) is 24.7 Å². The van der Waals surface area contributed by atoms with Crippen LogP contribution in [0.15, 0.2) is 115 Å². The second kappa shape index (κ2) is 9.12. The van der Waals surface area contributed by atoms with E-state index in [-0.39, 0.29) is 20.1 Å². The second-order valence-electron chi connectivity index (χ2n) is 7.12. The van der Waals surface area contributed by atoms with Gasteiger partial charge in [-0.15, -0.1) is 29.8 Å². The fourth-order valence-corrected chi connectivity index (χ4v) is 6.43. The van der Waals surface area contributed by atoms with E-state index in [1.165, 1.54) is 0 Å². The molecule has 2 nitrogen and oxygen atoms in total.